The zero-order chi connectivity index (χ0) is 30.1. The molecule has 3 heterocycles. The number of aliphatic hydroxyl groups is 2. The molecule has 6 atom stereocenters. The largest absolute Gasteiger partial charge is 0.462 e. The molecular formula is C25H36N7O8P. The molecule has 1 aliphatic rings. The molecule has 3 aromatic rings. The lowest BCUT2D eigenvalue weighted by molar-refractivity contribution is -0.149. The van der Waals surface area contributed by atoms with Crippen molar-refractivity contribution in [2.45, 2.75) is 63.9 Å². The second kappa shape index (κ2) is 11.9. The number of nitrogens with one attached hydrogen (secondary N) is 1. The maximum atomic E-state index is 13.8. The summed E-state index contributed by atoms with van der Waals surface area (Å²) >= 11 is 0. The summed E-state index contributed by atoms with van der Waals surface area (Å²) in [6.45, 7) is 5.73. The molecule has 224 valence electrons. The summed E-state index contributed by atoms with van der Waals surface area (Å²) in [5.74, 6) is -0.00827. The quantitative estimate of drug-likeness (QED) is 0.185. The van der Waals surface area contributed by atoms with Crippen LogP contribution < -0.4 is 20.2 Å². The minimum atomic E-state index is -4.24. The lowest BCUT2D eigenvalue weighted by atomic mass is 9.96. The number of hydrogen-bond donors (Lipinski definition) is 4. The number of anilines is 2. The van der Waals surface area contributed by atoms with Crippen LogP contribution in [-0.4, -0.2) is 86.4 Å². The molecule has 15 nitrogen and oxygen atoms in total. The van der Waals surface area contributed by atoms with Crippen molar-refractivity contribution in [1.29, 1.82) is 0 Å². The van der Waals surface area contributed by atoms with E-state index in [4.69, 9.17) is 24.3 Å². The molecule has 16 heteroatoms. The maximum Gasteiger partial charge on any atom is 0.459 e. The zero-order valence-corrected chi connectivity index (χ0v) is 24.6. The fraction of sp³-hybridized carbons (Fsp3) is 0.520. The number of carbonyl (C=O) groups is 1. The van der Waals surface area contributed by atoms with Crippen molar-refractivity contribution in [2.75, 3.05) is 31.3 Å². The van der Waals surface area contributed by atoms with E-state index >= 15 is 0 Å². The van der Waals surface area contributed by atoms with E-state index in [0.717, 1.165) is 0 Å². The second-order valence-electron chi connectivity index (χ2n) is 10.4. The second-order valence-corrected chi connectivity index (χ2v) is 12.0. The molecule has 1 aliphatic heterocycles. The average Bonchev–Trinajstić information content (AvgIpc) is 3.40. The van der Waals surface area contributed by atoms with Crippen molar-refractivity contribution >= 4 is 36.6 Å². The van der Waals surface area contributed by atoms with Crippen LogP contribution in [0.2, 0.25) is 0 Å². The number of hydrogen-bond acceptors (Lipinski definition) is 13. The monoisotopic (exact) mass is 593 g/mol. The first-order chi connectivity index (χ1) is 19.2. The standard InChI is InChI=1S/C25H36N7O8P/c1-14(2)38-22(34)15(3)30-41(36,40-16-10-8-7-9-11-16)37-12-17-19(33)25(4,35)23(39-17)32-13-27-18-20(31(5)6)28-24(26)29-21(18)32/h7-11,13-15,17,19,23,33,35H,12H2,1-6H3,(H,30,36)(H2,26,28,29)/t15-,17-,19-,23-,25-,41-/m1/s1. The summed E-state index contributed by atoms with van der Waals surface area (Å²) in [5.41, 5.74) is 4.74. The third-order valence-electron chi connectivity index (χ3n) is 6.29. The molecule has 0 aliphatic carbocycles. The van der Waals surface area contributed by atoms with Crippen LogP contribution in [0.5, 0.6) is 5.75 Å². The smallest absolute Gasteiger partial charge is 0.459 e. The highest BCUT2D eigenvalue weighted by atomic mass is 31.2. The highest BCUT2D eigenvalue weighted by Crippen LogP contribution is 2.47. The number of imidazole rings is 1. The SMILES string of the molecule is CC(C)OC(=O)[C@@H](C)N[P@@](=O)(OC[C@H]1O[C@@H](n2cnc3c(N(C)C)nc(N)nc32)[C@](C)(O)[C@@H]1O)Oc1ccccc1. The van der Waals surface area contributed by atoms with Gasteiger partial charge in [-0.2, -0.15) is 15.1 Å². The minimum Gasteiger partial charge on any atom is -0.462 e. The maximum absolute atomic E-state index is 13.8. The molecule has 0 unspecified atom stereocenters. The van der Waals surface area contributed by atoms with Gasteiger partial charge < -0.3 is 34.8 Å². The van der Waals surface area contributed by atoms with Crippen LogP contribution in [0.3, 0.4) is 0 Å². The highest BCUT2D eigenvalue weighted by Gasteiger charge is 2.54. The van der Waals surface area contributed by atoms with Crippen LogP contribution in [0.25, 0.3) is 11.2 Å². The third-order valence-corrected chi connectivity index (χ3v) is 7.93. The Labute approximate surface area is 237 Å². The fourth-order valence-electron chi connectivity index (χ4n) is 4.29. The lowest BCUT2D eigenvalue weighted by Crippen LogP contribution is -2.44. The van der Waals surface area contributed by atoms with Crippen LogP contribution in [0.1, 0.15) is 33.9 Å². The van der Waals surface area contributed by atoms with Gasteiger partial charge in [-0.15, -0.1) is 0 Å². The van der Waals surface area contributed by atoms with E-state index in [-0.39, 0.29) is 17.3 Å². The Kier molecular flexibility index (Phi) is 8.87. The predicted octanol–water partition coefficient (Wildman–Crippen LogP) is 1.62. The number of carbonyl (C=O) groups excluding carboxylic acids is 1. The van der Waals surface area contributed by atoms with E-state index in [0.29, 0.717) is 11.3 Å². The molecule has 0 saturated carbocycles. The van der Waals surface area contributed by atoms with E-state index in [1.54, 1.807) is 63.2 Å². The summed E-state index contributed by atoms with van der Waals surface area (Å²) in [5, 5.41) is 24.9. The van der Waals surface area contributed by atoms with Gasteiger partial charge in [0.2, 0.25) is 5.95 Å². The topological polar surface area (TPSA) is 196 Å². The number of nitrogens with two attached hydrogens (primary N) is 1. The molecule has 2 aromatic heterocycles. The van der Waals surface area contributed by atoms with Gasteiger partial charge in [0.25, 0.3) is 0 Å². The molecule has 4 rings (SSSR count). The number of aliphatic hydroxyl groups excluding tert-OH is 1. The van der Waals surface area contributed by atoms with Crippen LogP contribution >= 0.6 is 7.75 Å². The first-order valence-corrected chi connectivity index (χ1v) is 14.5. The van der Waals surface area contributed by atoms with E-state index in [1.165, 1.54) is 24.7 Å². The van der Waals surface area contributed by atoms with E-state index in [2.05, 4.69) is 20.0 Å². The first-order valence-electron chi connectivity index (χ1n) is 12.9. The summed E-state index contributed by atoms with van der Waals surface area (Å²) in [6, 6.07) is 7.17. The van der Waals surface area contributed by atoms with Crippen molar-refractivity contribution in [3.63, 3.8) is 0 Å². The van der Waals surface area contributed by atoms with Gasteiger partial charge >= 0.3 is 13.7 Å². The Morgan fingerprint density at radius 2 is 1.95 bits per heavy atom. The van der Waals surface area contributed by atoms with Gasteiger partial charge in [0.15, 0.2) is 23.2 Å². The highest BCUT2D eigenvalue weighted by molar-refractivity contribution is 7.52. The molecule has 1 aromatic carbocycles. The molecule has 41 heavy (non-hydrogen) atoms. The molecule has 0 radical (unpaired) electrons. The van der Waals surface area contributed by atoms with Crippen molar-refractivity contribution in [2.24, 2.45) is 0 Å². The molecular weight excluding hydrogens is 557 g/mol. The number of fused-ring (bicyclic) bond motifs is 1. The van der Waals surface area contributed by atoms with Gasteiger partial charge in [-0.1, -0.05) is 18.2 Å². The van der Waals surface area contributed by atoms with E-state index in [9.17, 15) is 19.6 Å². The Morgan fingerprint density at radius 1 is 1.27 bits per heavy atom. The fourth-order valence-corrected chi connectivity index (χ4v) is 5.79. The third kappa shape index (κ3) is 6.61. The van der Waals surface area contributed by atoms with Crippen molar-refractivity contribution in [1.82, 2.24) is 24.6 Å². The number of nitrogens with zero attached hydrogens (tertiary/aromatic N) is 5. The zero-order valence-electron chi connectivity index (χ0n) is 23.7. The Hall–Kier alpha value is -3.33. The number of nitrogen functional groups attached to an aromatic ring is 1. The predicted molar refractivity (Wildman–Crippen MR) is 149 cm³/mol. The number of rotatable bonds is 11. The molecule has 0 bridgehead atoms. The normalized spacial score (nSPS) is 24.8. The molecule has 0 spiro atoms. The van der Waals surface area contributed by atoms with Gasteiger partial charge in [0.05, 0.1) is 19.0 Å². The average molecular weight is 594 g/mol. The van der Waals surface area contributed by atoms with E-state index in [1.807, 2.05) is 0 Å². The van der Waals surface area contributed by atoms with Crippen molar-refractivity contribution < 1.29 is 38.1 Å². The molecule has 5 N–H and O–H groups in total. The van der Waals surface area contributed by atoms with Gasteiger partial charge in [0.1, 0.15) is 29.6 Å². The van der Waals surface area contributed by atoms with Crippen molar-refractivity contribution in [3.8, 4) is 5.75 Å². The van der Waals surface area contributed by atoms with Crippen LogP contribution in [0, 0.1) is 0 Å². The van der Waals surface area contributed by atoms with Crippen LogP contribution in [0.15, 0.2) is 36.7 Å². The first kappa shape index (κ1) is 30.6. The minimum absolute atomic E-state index is 0.0174. The van der Waals surface area contributed by atoms with Gasteiger partial charge in [-0.3, -0.25) is 13.9 Å². The number of ether oxygens (including phenoxy) is 2. The molecule has 1 saturated heterocycles. The summed E-state index contributed by atoms with van der Waals surface area (Å²) in [6.07, 6.45) is -2.84. The van der Waals surface area contributed by atoms with Gasteiger partial charge in [-0.25, -0.2) is 9.55 Å². The van der Waals surface area contributed by atoms with Crippen LogP contribution in [0.4, 0.5) is 11.8 Å². The summed E-state index contributed by atoms with van der Waals surface area (Å²) in [7, 11) is -0.703. The van der Waals surface area contributed by atoms with Crippen LogP contribution in [-0.2, 0) is 23.4 Å². The number of benzene rings is 1. The molecule has 0 amide bonds. The van der Waals surface area contributed by atoms with Gasteiger partial charge in [-0.05, 0) is 39.8 Å². The number of para-hydroxylation sites is 1. The Balaban J connectivity index is 1.57. The Morgan fingerprint density at radius 3 is 2.59 bits per heavy atom. The van der Waals surface area contributed by atoms with Crippen molar-refractivity contribution in [3.05, 3.63) is 36.7 Å². The lowest BCUT2D eigenvalue weighted by Gasteiger charge is -2.27. The van der Waals surface area contributed by atoms with Gasteiger partial charge in [0, 0.05) is 14.1 Å². The Bertz CT molecular complexity index is 1420. The summed E-state index contributed by atoms with van der Waals surface area (Å²) < 4.78 is 37.8. The number of aromatic nitrogens is 4. The summed E-state index contributed by atoms with van der Waals surface area (Å²) in [4.78, 5) is 27.0. The van der Waals surface area contributed by atoms with E-state index < -0.39 is 56.5 Å². The molecule has 1 fully saturated rings. The number of esters is 1.